The molecule has 0 saturated carbocycles. The predicted molar refractivity (Wildman–Crippen MR) is 11.7 cm³/mol. The summed E-state index contributed by atoms with van der Waals surface area (Å²) in [6, 6.07) is 0. The molecule has 20 valence electrons. The molecule has 0 bridgehead atoms. The van der Waals surface area contributed by atoms with Gasteiger partial charge in [-0.05, 0) is 6.92 Å². The van der Waals surface area contributed by atoms with Crippen molar-refractivity contribution in [1.82, 2.24) is 0 Å². The number of carbonyl (C=O) groups is 1. The summed E-state index contributed by atoms with van der Waals surface area (Å²) in [7, 11) is 0. The van der Waals surface area contributed by atoms with Gasteiger partial charge in [0.05, 0.1) is 0 Å². The standard InChI is InChI=1S/C2H4O.He/c1-2-3;/h2H,1H3;. The molecule has 0 aromatic carbocycles. The van der Waals surface area contributed by atoms with Crippen molar-refractivity contribution in [2.75, 3.05) is 0 Å². The Bertz CT molecular complexity index is 13.5. The fourth-order valence-corrected chi connectivity index (χ4v) is 0. The van der Waals surface area contributed by atoms with Gasteiger partial charge in [0, 0.05) is 6.15 Å². The molecule has 0 aliphatic rings. The van der Waals surface area contributed by atoms with E-state index in [9.17, 15) is 0 Å². The average molecular weight is 48.1 g/mol. The van der Waals surface area contributed by atoms with Crippen molar-refractivity contribution in [3.63, 3.8) is 0 Å². The second-order valence-corrected chi connectivity index (χ2v) is 0.236. The van der Waals surface area contributed by atoms with E-state index in [1.165, 1.54) is 6.92 Å². The van der Waals surface area contributed by atoms with Crippen LogP contribution in [0.2, 0.25) is 0 Å². The normalized spacial score (nSPS) is 3.25. The van der Waals surface area contributed by atoms with Crippen LogP contribution in [0.5, 0.6) is 0 Å². The molecule has 0 aliphatic heterocycles. The van der Waals surface area contributed by atoms with Gasteiger partial charge in [-0.3, -0.25) is 0 Å². The molecule has 0 rings (SSSR count). The zero-order chi connectivity index (χ0) is 2.71. The van der Waals surface area contributed by atoms with Crippen molar-refractivity contribution in [2.45, 2.75) is 6.92 Å². The Kier molecular flexibility index (Phi) is 45.8. The van der Waals surface area contributed by atoms with Crippen LogP contribution in [0, 0.1) is 6.15 Å². The number of carbonyl (C=O) groups excluding carboxylic acids is 1. The Morgan fingerprint density at radius 2 is 1.75 bits per heavy atom. The molecule has 0 aromatic rings. The third-order valence-corrected chi connectivity index (χ3v) is 0. The van der Waals surface area contributed by atoms with Crippen molar-refractivity contribution in [1.29, 1.82) is 0 Å². The van der Waals surface area contributed by atoms with Crippen LogP contribution in [0.15, 0.2) is 0 Å². The van der Waals surface area contributed by atoms with Crippen LogP contribution in [0.1, 0.15) is 6.92 Å². The smallest absolute Gasteiger partial charge is 0.116 e. The summed E-state index contributed by atoms with van der Waals surface area (Å²) in [4.78, 5) is 8.81. The molecule has 0 unspecified atom stereocenters. The van der Waals surface area contributed by atoms with Crippen LogP contribution < -0.4 is 0 Å². The molecule has 0 radical (unpaired) electrons. The van der Waals surface area contributed by atoms with Gasteiger partial charge in [0.25, 0.3) is 0 Å². The minimum absolute atomic E-state index is 0. The molecule has 4 heavy (non-hydrogen) atoms. The summed E-state index contributed by atoms with van der Waals surface area (Å²) in [5, 5.41) is 0. The maximum Gasteiger partial charge on any atom is 0.116 e. The van der Waals surface area contributed by atoms with Gasteiger partial charge in [0.15, 0.2) is 0 Å². The largest absolute Gasteiger partial charge is 0.304 e. The van der Waals surface area contributed by atoms with Crippen LogP contribution in [0.4, 0.5) is 0 Å². The Balaban J connectivity index is 0. The van der Waals surface area contributed by atoms with E-state index in [1.807, 2.05) is 0 Å². The van der Waals surface area contributed by atoms with E-state index in [1.54, 1.807) is 0 Å². The molecular formula is C2H4HeO. The van der Waals surface area contributed by atoms with Crippen molar-refractivity contribution in [3.05, 3.63) is 0 Å². The minimum atomic E-state index is 0. The third-order valence-electron chi connectivity index (χ3n) is 0. The van der Waals surface area contributed by atoms with Crippen LogP contribution in [-0.4, -0.2) is 6.29 Å². The van der Waals surface area contributed by atoms with Gasteiger partial charge in [0.1, 0.15) is 6.29 Å². The molecule has 0 spiro atoms. The molecule has 0 N–H and O–H groups in total. The second kappa shape index (κ2) is 19.2. The predicted octanol–water partition coefficient (Wildman–Crippen LogP) is 0.205. The maximum absolute atomic E-state index is 8.81. The van der Waals surface area contributed by atoms with Gasteiger partial charge in [-0.1, -0.05) is 0 Å². The molecule has 1 nitrogen and oxygen atoms in total. The Hall–Kier alpha value is -0.421. The zero-order valence-corrected chi connectivity index (χ0v) is 2.69. The van der Waals surface area contributed by atoms with E-state index < -0.39 is 0 Å². The van der Waals surface area contributed by atoms with Crippen molar-refractivity contribution >= 4 is 6.29 Å². The van der Waals surface area contributed by atoms with Gasteiger partial charge in [0.2, 0.25) is 0 Å². The summed E-state index contributed by atoms with van der Waals surface area (Å²) < 4.78 is 0. The maximum atomic E-state index is 8.81. The van der Waals surface area contributed by atoms with E-state index in [0.717, 1.165) is 6.29 Å². The van der Waals surface area contributed by atoms with E-state index in [0.29, 0.717) is 0 Å². The first-order valence-electron chi connectivity index (χ1n) is 0.813. The topological polar surface area (TPSA) is 17.1 Å². The molecule has 0 atom stereocenters. The number of hydrogen-bond acceptors (Lipinski definition) is 1. The first kappa shape index (κ1) is 9.55. The molecule has 0 amide bonds. The van der Waals surface area contributed by atoms with Gasteiger partial charge in [-0.25, -0.2) is 0 Å². The Labute approximate surface area is 25.4 Å². The zero-order valence-electron chi connectivity index (χ0n) is 2.69. The molecule has 0 heterocycles. The van der Waals surface area contributed by atoms with E-state index in [-0.39, 0.29) is 6.15 Å². The average Bonchev–Trinajstić information content (AvgIpc) is 0.918. The van der Waals surface area contributed by atoms with Crippen molar-refractivity contribution < 1.29 is 10.9 Å². The minimum Gasteiger partial charge on any atom is -0.304 e. The van der Waals surface area contributed by atoms with Crippen LogP contribution >= 0.6 is 0 Å². The molecule has 0 saturated heterocycles. The van der Waals surface area contributed by atoms with E-state index >= 15 is 0 Å². The molecule has 0 fully saturated rings. The monoisotopic (exact) mass is 48.0 g/mol. The van der Waals surface area contributed by atoms with Gasteiger partial charge in [-0.2, -0.15) is 0 Å². The summed E-state index contributed by atoms with van der Waals surface area (Å²) in [6.45, 7) is 1.44. The van der Waals surface area contributed by atoms with Crippen molar-refractivity contribution in [3.8, 4) is 0 Å². The second-order valence-electron chi connectivity index (χ2n) is 0.236. The molecular weight excluding hydrogens is 44.0 g/mol. The number of aldehydes is 1. The fourth-order valence-electron chi connectivity index (χ4n) is 0. The van der Waals surface area contributed by atoms with Crippen molar-refractivity contribution in [2.24, 2.45) is 0 Å². The SMILES string of the molecule is CC=O.[He]. The quantitative estimate of drug-likeness (QED) is 0.357. The van der Waals surface area contributed by atoms with Gasteiger partial charge >= 0.3 is 0 Å². The molecule has 0 aromatic heterocycles. The first-order valence-corrected chi connectivity index (χ1v) is 0.813. The summed E-state index contributed by atoms with van der Waals surface area (Å²) in [5.41, 5.74) is 0. The van der Waals surface area contributed by atoms with Gasteiger partial charge < -0.3 is 4.79 Å². The van der Waals surface area contributed by atoms with Crippen LogP contribution in [-0.2, 0) is 4.79 Å². The number of rotatable bonds is 0. The van der Waals surface area contributed by atoms with E-state index in [4.69, 9.17) is 4.79 Å². The van der Waals surface area contributed by atoms with Gasteiger partial charge in [-0.15, -0.1) is 0 Å². The fraction of sp³-hybridized carbons (Fsp3) is 0.500. The summed E-state index contributed by atoms with van der Waals surface area (Å²) >= 11 is 0. The summed E-state index contributed by atoms with van der Waals surface area (Å²) in [5.74, 6) is 0. The Morgan fingerprint density at radius 3 is 1.75 bits per heavy atom. The van der Waals surface area contributed by atoms with Crippen LogP contribution in [0.3, 0.4) is 0 Å². The first-order chi connectivity index (χ1) is 1.41. The third kappa shape index (κ3) is 2.99. The van der Waals surface area contributed by atoms with E-state index in [2.05, 4.69) is 0 Å². The number of hydrogen-bond donors (Lipinski definition) is 0. The molecule has 0 aliphatic carbocycles. The summed E-state index contributed by atoms with van der Waals surface area (Å²) in [6.07, 6.45) is 0.750. The Morgan fingerprint density at radius 1 is 1.75 bits per heavy atom. The van der Waals surface area contributed by atoms with Crippen LogP contribution in [0.25, 0.3) is 0 Å². The molecule has 2 heteroatoms.